The van der Waals surface area contributed by atoms with Crippen LogP contribution < -0.4 is 20.9 Å². The van der Waals surface area contributed by atoms with Gasteiger partial charge >= 0.3 is 6.61 Å². The number of thiocarbonyl (C=S) groups is 1. The summed E-state index contributed by atoms with van der Waals surface area (Å²) in [5, 5.41) is 3.01. The van der Waals surface area contributed by atoms with Gasteiger partial charge in [0, 0.05) is 11.6 Å². The molecule has 0 spiro atoms. The molecule has 1 aliphatic carbocycles. The van der Waals surface area contributed by atoms with Gasteiger partial charge in [-0.05, 0) is 49.3 Å². The van der Waals surface area contributed by atoms with Crippen molar-refractivity contribution in [2.75, 3.05) is 5.32 Å². The lowest BCUT2D eigenvalue weighted by Crippen LogP contribution is -2.44. The van der Waals surface area contributed by atoms with Crippen molar-refractivity contribution in [1.29, 1.82) is 0 Å². The van der Waals surface area contributed by atoms with E-state index in [-0.39, 0.29) is 22.7 Å². The first-order chi connectivity index (χ1) is 9.54. The summed E-state index contributed by atoms with van der Waals surface area (Å²) in [6.07, 6.45) is 1.80. The van der Waals surface area contributed by atoms with E-state index < -0.39 is 6.61 Å². The Labute approximate surface area is 119 Å². The van der Waals surface area contributed by atoms with Gasteiger partial charge in [0.05, 0.1) is 0 Å². The Morgan fingerprint density at radius 3 is 2.45 bits per heavy atom. The predicted octanol–water partition coefficient (Wildman–Crippen LogP) is 2.02. The topological polar surface area (TPSA) is 62.4 Å². The van der Waals surface area contributed by atoms with Crippen LogP contribution in [0, 0.1) is 5.92 Å². The molecule has 0 unspecified atom stereocenters. The van der Waals surface area contributed by atoms with E-state index in [1.54, 1.807) is 0 Å². The summed E-state index contributed by atoms with van der Waals surface area (Å²) in [4.78, 5) is 11.4. The minimum Gasteiger partial charge on any atom is -0.435 e. The van der Waals surface area contributed by atoms with Crippen molar-refractivity contribution in [2.24, 2.45) is 5.92 Å². The fraction of sp³-hybridized carbons (Fsp3) is 0.333. The number of amides is 1. The molecule has 3 N–H and O–H groups in total. The zero-order valence-electron chi connectivity index (χ0n) is 10.4. The third-order valence-electron chi connectivity index (χ3n) is 2.58. The van der Waals surface area contributed by atoms with Crippen molar-refractivity contribution in [1.82, 2.24) is 10.9 Å². The van der Waals surface area contributed by atoms with E-state index in [9.17, 15) is 13.6 Å². The Balaban J connectivity index is 1.76. The zero-order chi connectivity index (χ0) is 14.5. The Morgan fingerprint density at radius 2 is 1.90 bits per heavy atom. The maximum Gasteiger partial charge on any atom is 0.387 e. The molecule has 1 amide bonds. The quantitative estimate of drug-likeness (QED) is 0.586. The first-order valence-corrected chi connectivity index (χ1v) is 6.37. The molecule has 1 fully saturated rings. The van der Waals surface area contributed by atoms with Crippen molar-refractivity contribution in [3.05, 3.63) is 24.3 Å². The number of rotatable bonds is 4. The van der Waals surface area contributed by atoms with Gasteiger partial charge in [0.1, 0.15) is 5.75 Å². The van der Waals surface area contributed by atoms with Gasteiger partial charge < -0.3 is 10.1 Å². The summed E-state index contributed by atoms with van der Waals surface area (Å²) in [6.45, 7) is -2.85. The highest BCUT2D eigenvalue weighted by Gasteiger charge is 2.29. The van der Waals surface area contributed by atoms with Crippen molar-refractivity contribution >= 4 is 28.9 Å². The fourth-order valence-corrected chi connectivity index (χ4v) is 1.62. The van der Waals surface area contributed by atoms with Gasteiger partial charge in [-0.25, -0.2) is 0 Å². The van der Waals surface area contributed by atoms with Crippen LogP contribution in [0.25, 0.3) is 0 Å². The average molecular weight is 301 g/mol. The Kier molecular flexibility index (Phi) is 4.67. The van der Waals surface area contributed by atoms with E-state index in [2.05, 4.69) is 20.9 Å². The molecule has 0 heterocycles. The highest BCUT2D eigenvalue weighted by Crippen LogP contribution is 2.28. The summed E-state index contributed by atoms with van der Waals surface area (Å²) in [6, 6.07) is 5.85. The fourth-order valence-electron chi connectivity index (χ4n) is 1.45. The van der Waals surface area contributed by atoms with Crippen LogP contribution in [-0.4, -0.2) is 17.6 Å². The number of nitrogens with one attached hydrogen (secondary N) is 3. The standard InChI is InChI=1S/C12H13F2N3O2S/c13-11(14)19-9-5-3-8(4-6-9)15-12(20)17-16-10(18)7-1-2-7/h3-7,11H,1-2H2,(H,16,18)(H2,15,17,20). The van der Waals surface area contributed by atoms with Crippen molar-refractivity contribution < 1.29 is 18.3 Å². The summed E-state index contributed by atoms with van der Waals surface area (Å²) >= 11 is 4.98. The number of halogens is 2. The van der Waals surface area contributed by atoms with Crippen molar-refractivity contribution in [2.45, 2.75) is 19.5 Å². The molecule has 1 saturated carbocycles. The lowest BCUT2D eigenvalue weighted by atomic mass is 10.3. The van der Waals surface area contributed by atoms with E-state index in [0.29, 0.717) is 5.69 Å². The van der Waals surface area contributed by atoms with Gasteiger partial charge in [-0.15, -0.1) is 0 Å². The summed E-state index contributed by atoms with van der Waals surface area (Å²) < 4.78 is 28.2. The highest BCUT2D eigenvalue weighted by molar-refractivity contribution is 7.80. The van der Waals surface area contributed by atoms with E-state index in [1.165, 1.54) is 24.3 Å². The lowest BCUT2D eigenvalue weighted by Gasteiger charge is -2.11. The highest BCUT2D eigenvalue weighted by atomic mass is 32.1. The molecule has 0 aromatic heterocycles. The predicted molar refractivity (Wildman–Crippen MR) is 73.3 cm³/mol. The van der Waals surface area contributed by atoms with E-state index in [1.807, 2.05) is 0 Å². The molecule has 8 heteroatoms. The molecular weight excluding hydrogens is 288 g/mol. The number of carbonyl (C=O) groups excluding carboxylic acids is 1. The Morgan fingerprint density at radius 1 is 1.25 bits per heavy atom. The number of hydrogen-bond acceptors (Lipinski definition) is 3. The molecule has 0 atom stereocenters. The molecule has 1 aromatic rings. The van der Waals surface area contributed by atoms with Gasteiger partial charge in [-0.1, -0.05) is 0 Å². The normalized spacial score (nSPS) is 13.8. The SMILES string of the molecule is O=C(NNC(=S)Nc1ccc(OC(F)F)cc1)C1CC1. The average Bonchev–Trinajstić information content (AvgIpc) is 3.22. The van der Waals surface area contributed by atoms with Gasteiger partial charge in [0.25, 0.3) is 0 Å². The zero-order valence-corrected chi connectivity index (χ0v) is 11.2. The van der Waals surface area contributed by atoms with Crippen LogP contribution in [0.5, 0.6) is 5.75 Å². The van der Waals surface area contributed by atoms with Crippen LogP contribution in [0.1, 0.15) is 12.8 Å². The molecule has 20 heavy (non-hydrogen) atoms. The number of alkyl halides is 2. The third kappa shape index (κ3) is 4.61. The molecule has 5 nitrogen and oxygen atoms in total. The Hall–Kier alpha value is -1.96. The molecular formula is C12H13F2N3O2S. The first-order valence-electron chi connectivity index (χ1n) is 5.96. The van der Waals surface area contributed by atoms with Crippen LogP contribution in [0.4, 0.5) is 14.5 Å². The van der Waals surface area contributed by atoms with E-state index in [0.717, 1.165) is 12.8 Å². The van der Waals surface area contributed by atoms with Crippen LogP contribution in [0.15, 0.2) is 24.3 Å². The second kappa shape index (κ2) is 6.47. The van der Waals surface area contributed by atoms with Crippen molar-refractivity contribution in [3.63, 3.8) is 0 Å². The monoisotopic (exact) mass is 301 g/mol. The van der Waals surface area contributed by atoms with Gasteiger partial charge in [0.15, 0.2) is 5.11 Å². The molecule has 0 saturated heterocycles. The molecule has 108 valence electrons. The largest absolute Gasteiger partial charge is 0.435 e. The van der Waals surface area contributed by atoms with Gasteiger partial charge in [-0.3, -0.25) is 15.6 Å². The van der Waals surface area contributed by atoms with Crippen LogP contribution in [0.2, 0.25) is 0 Å². The second-order valence-corrected chi connectivity index (χ2v) is 4.65. The van der Waals surface area contributed by atoms with Gasteiger partial charge in [-0.2, -0.15) is 8.78 Å². The lowest BCUT2D eigenvalue weighted by molar-refractivity contribution is -0.122. The number of hydrogen-bond donors (Lipinski definition) is 3. The first kappa shape index (κ1) is 14.4. The summed E-state index contributed by atoms with van der Waals surface area (Å²) in [7, 11) is 0. The molecule has 0 radical (unpaired) electrons. The summed E-state index contributed by atoms with van der Waals surface area (Å²) in [5.74, 6) is 0.0531. The van der Waals surface area contributed by atoms with Crippen LogP contribution >= 0.6 is 12.2 Å². The molecule has 2 rings (SSSR count). The summed E-state index contributed by atoms with van der Waals surface area (Å²) in [5.41, 5.74) is 5.64. The molecule has 0 aliphatic heterocycles. The van der Waals surface area contributed by atoms with E-state index >= 15 is 0 Å². The molecule has 0 bridgehead atoms. The molecule has 1 aliphatic rings. The third-order valence-corrected chi connectivity index (χ3v) is 2.79. The minimum atomic E-state index is -2.85. The number of carbonyl (C=O) groups is 1. The maximum atomic E-state index is 12.0. The number of ether oxygens (including phenoxy) is 1. The van der Waals surface area contributed by atoms with Crippen molar-refractivity contribution in [3.8, 4) is 5.75 Å². The van der Waals surface area contributed by atoms with Crippen LogP contribution in [-0.2, 0) is 4.79 Å². The number of hydrazine groups is 1. The minimum absolute atomic E-state index is 0.0615. The van der Waals surface area contributed by atoms with E-state index in [4.69, 9.17) is 12.2 Å². The second-order valence-electron chi connectivity index (χ2n) is 4.25. The molecule has 1 aromatic carbocycles. The number of benzene rings is 1. The van der Waals surface area contributed by atoms with Gasteiger partial charge in [0.2, 0.25) is 5.91 Å². The maximum absolute atomic E-state index is 12.0. The van der Waals surface area contributed by atoms with Crippen LogP contribution in [0.3, 0.4) is 0 Å². The Bertz CT molecular complexity index is 492. The smallest absolute Gasteiger partial charge is 0.387 e. The number of anilines is 1.